The monoisotopic (exact) mass is 425 g/mol. The summed E-state index contributed by atoms with van der Waals surface area (Å²) >= 11 is 0. The number of rotatable bonds is 8. The molecule has 1 aromatic heterocycles. The molecule has 5 heteroatoms. The topological polar surface area (TPSA) is 67.0 Å². The van der Waals surface area contributed by atoms with Gasteiger partial charge in [0.15, 0.2) is 0 Å². The molecule has 0 aliphatic heterocycles. The molecule has 2 N–H and O–H groups in total. The summed E-state index contributed by atoms with van der Waals surface area (Å²) in [5.41, 5.74) is 5.09. The van der Waals surface area contributed by atoms with Crippen LogP contribution in [-0.4, -0.2) is 23.0 Å². The van der Waals surface area contributed by atoms with Gasteiger partial charge in [0, 0.05) is 12.1 Å². The van der Waals surface area contributed by atoms with Gasteiger partial charge in [-0.05, 0) is 47.4 Å². The first kappa shape index (κ1) is 21.4. The van der Waals surface area contributed by atoms with Crippen molar-refractivity contribution in [2.75, 3.05) is 7.11 Å². The molecule has 5 nitrogen and oxygen atoms in total. The molecule has 0 radical (unpaired) electrons. The zero-order valence-electron chi connectivity index (χ0n) is 18.3. The fourth-order valence-corrected chi connectivity index (χ4v) is 3.74. The van der Waals surface area contributed by atoms with Gasteiger partial charge < -0.3 is 15.0 Å². The van der Waals surface area contributed by atoms with E-state index in [-0.39, 0.29) is 11.8 Å². The first-order valence-corrected chi connectivity index (χ1v) is 10.8. The number of nitrogens with zero attached hydrogens (tertiary/aromatic N) is 1. The van der Waals surface area contributed by atoms with E-state index in [2.05, 4.69) is 15.3 Å². The number of carbonyl (C=O) groups excluding carboxylic acids is 1. The van der Waals surface area contributed by atoms with Crippen LogP contribution in [-0.2, 0) is 11.3 Å². The van der Waals surface area contributed by atoms with Crippen molar-refractivity contribution in [3.05, 3.63) is 96.2 Å². The number of H-pyrrole nitrogens is 1. The van der Waals surface area contributed by atoms with E-state index >= 15 is 0 Å². The lowest BCUT2D eigenvalue weighted by molar-refractivity contribution is -0.122. The van der Waals surface area contributed by atoms with Gasteiger partial charge in [-0.1, -0.05) is 61.5 Å². The van der Waals surface area contributed by atoms with Gasteiger partial charge in [-0.25, -0.2) is 4.98 Å². The second-order valence-electron chi connectivity index (χ2n) is 7.66. The zero-order chi connectivity index (χ0) is 22.3. The summed E-state index contributed by atoms with van der Waals surface area (Å²) in [4.78, 5) is 20.6. The van der Waals surface area contributed by atoms with Crippen LogP contribution >= 0.6 is 0 Å². The molecule has 0 spiro atoms. The molecule has 3 aromatic carbocycles. The largest absolute Gasteiger partial charge is 0.497 e. The van der Waals surface area contributed by atoms with Gasteiger partial charge in [0.1, 0.15) is 11.6 Å². The summed E-state index contributed by atoms with van der Waals surface area (Å²) in [5.74, 6) is 1.56. The van der Waals surface area contributed by atoms with Crippen molar-refractivity contribution in [3.8, 4) is 28.4 Å². The zero-order valence-corrected chi connectivity index (χ0v) is 18.3. The number of aromatic amines is 1. The van der Waals surface area contributed by atoms with E-state index in [0.717, 1.165) is 45.9 Å². The quantitative estimate of drug-likeness (QED) is 0.388. The predicted octanol–water partition coefficient (Wildman–Crippen LogP) is 5.56. The van der Waals surface area contributed by atoms with Crippen LogP contribution in [0.1, 0.15) is 30.4 Å². The Bertz CT molecular complexity index is 1150. The summed E-state index contributed by atoms with van der Waals surface area (Å²) in [6.07, 6.45) is 2.60. The minimum absolute atomic E-state index is 0.0537. The number of nitrogens with one attached hydrogen (secondary N) is 2. The molecule has 4 aromatic rings. The van der Waals surface area contributed by atoms with Crippen LogP contribution in [0.3, 0.4) is 0 Å². The Morgan fingerprint density at radius 3 is 2.31 bits per heavy atom. The Morgan fingerprint density at radius 2 is 1.66 bits per heavy atom. The highest BCUT2D eigenvalue weighted by Gasteiger charge is 2.17. The van der Waals surface area contributed by atoms with Crippen molar-refractivity contribution in [3.63, 3.8) is 0 Å². The minimum atomic E-state index is -0.130. The lowest BCUT2D eigenvalue weighted by Gasteiger charge is -2.15. The van der Waals surface area contributed by atoms with Gasteiger partial charge in [-0.2, -0.15) is 0 Å². The third-order valence-electron chi connectivity index (χ3n) is 5.60. The summed E-state index contributed by atoms with van der Waals surface area (Å²) in [5, 5.41) is 3.07. The van der Waals surface area contributed by atoms with Crippen LogP contribution < -0.4 is 10.1 Å². The third-order valence-corrected chi connectivity index (χ3v) is 5.60. The Labute approximate surface area is 188 Å². The van der Waals surface area contributed by atoms with Gasteiger partial charge in [0.2, 0.25) is 5.91 Å². The highest BCUT2D eigenvalue weighted by molar-refractivity contribution is 5.83. The number of imidazole rings is 1. The van der Waals surface area contributed by atoms with Crippen molar-refractivity contribution in [1.82, 2.24) is 15.3 Å². The smallest absolute Gasteiger partial charge is 0.227 e. The molecule has 0 aliphatic rings. The van der Waals surface area contributed by atoms with Crippen molar-refractivity contribution in [2.24, 2.45) is 0 Å². The molecule has 1 atom stereocenters. The Morgan fingerprint density at radius 1 is 0.969 bits per heavy atom. The number of benzene rings is 3. The van der Waals surface area contributed by atoms with Crippen LogP contribution in [0.5, 0.6) is 5.75 Å². The Balaban J connectivity index is 1.39. The molecule has 0 saturated heterocycles. The maximum Gasteiger partial charge on any atom is 0.227 e. The molecule has 1 amide bonds. The number of hydrogen-bond acceptors (Lipinski definition) is 3. The van der Waals surface area contributed by atoms with Crippen molar-refractivity contribution >= 4 is 5.91 Å². The second kappa shape index (κ2) is 9.96. The van der Waals surface area contributed by atoms with Gasteiger partial charge in [-0.3, -0.25) is 4.79 Å². The maximum atomic E-state index is 12.7. The molecular weight excluding hydrogens is 398 g/mol. The van der Waals surface area contributed by atoms with E-state index < -0.39 is 0 Å². The molecule has 0 fully saturated rings. The van der Waals surface area contributed by atoms with Crippen LogP contribution in [0.4, 0.5) is 0 Å². The number of hydrogen-bond donors (Lipinski definition) is 2. The minimum Gasteiger partial charge on any atom is -0.497 e. The molecule has 162 valence electrons. The van der Waals surface area contributed by atoms with Crippen LogP contribution in [0, 0.1) is 0 Å². The third kappa shape index (κ3) is 4.89. The maximum absolute atomic E-state index is 12.7. The van der Waals surface area contributed by atoms with E-state index in [1.54, 1.807) is 7.11 Å². The summed E-state index contributed by atoms with van der Waals surface area (Å²) < 4.78 is 5.22. The van der Waals surface area contributed by atoms with Crippen LogP contribution in [0.25, 0.3) is 22.6 Å². The van der Waals surface area contributed by atoms with E-state index in [4.69, 9.17) is 4.74 Å². The highest BCUT2D eigenvalue weighted by atomic mass is 16.5. The van der Waals surface area contributed by atoms with Crippen LogP contribution in [0.15, 0.2) is 85.1 Å². The average Bonchev–Trinajstić information content (AvgIpc) is 3.35. The SMILES string of the molecule is CCC(C(=O)NCc1ccc(-c2ncc(-c3ccc(OC)cc3)[nH]2)cc1)c1ccccc1. The molecule has 1 heterocycles. The lowest BCUT2D eigenvalue weighted by Crippen LogP contribution is -2.28. The van der Waals surface area contributed by atoms with Crippen molar-refractivity contribution in [2.45, 2.75) is 25.8 Å². The van der Waals surface area contributed by atoms with Crippen LogP contribution in [0.2, 0.25) is 0 Å². The first-order chi connectivity index (χ1) is 15.7. The number of carbonyl (C=O) groups is 1. The molecule has 0 aliphatic carbocycles. The standard InChI is InChI=1S/C27H27N3O2/c1-3-24(20-7-5-4-6-8-20)27(31)29-17-19-9-11-22(12-10-19)26-28-18-25(30-26)21-13-15-23(32-2)16-14-21/h4-16,18,24H,3,17H2,1-2H3,(H,28,30)(H,29,31). The highest BCUT2D eigenvalue weighted by Crippen LogP contribution is 2.24. The summed E-state index contributed by atoms with van der Waals surface area (Å²) in [6, 6.07) is 25.9. The Kier molecular flexibility index (Phi) is 6.66. The Hall–Kier alpha value is -3.86. The number of ether oxygens (including phenoxy) is 1. The molecule has 0 saturated carbocycles. The molecule has 4 rings (SSSR count). The van der Waals surface area contributed by atoms with E-state index in [9.17, 15) is 4.79 Å². The molecule has 0 bridgehead atoms. The fourth-order valence-electron chi connectivity index (χ4n) is 3.74. The average molecular weight is 426 g/mol. The number of aromatic nitrogens is 2. The van der Waals surface area contributed by atoms with Gasteiger partial charge in [0.25, 0.3) is 0 Å². The molecule has 32 heavy (non-hydrogen) atoms. The van der Waals surface area contributed by atoms with Crippen molar-refractivity contribution < 1.29 is 9.53 Å². The second-order valence-corrected chi connectivity index (χ2v) is 7.66. The lowest BCUT2D eigenvalue weighted by atomic mass is 9.95. The molecular formula is C27H27N3O2. The predicted molar refractivity (Wildman–Crippen MR) is 127 cm³/mol. The normalized spacial score (nSPS) is 11.7. The summed E-state index contributed by atoms with van der Waals surface area (Å²) in [7, 11) is 1.66. The van der Waals surface area contributed by atoms with Gasteiger partial charge in [-0.15, -0.1) is 0 Å². The van der Waals surface area contributed by atoms with Gasteiger partial charge in [0.05, 0.1) is 24.9 Å². The number of amides is 1. The summed E-state index contributed by atoms with van der Waals surface area (Å²) in [6.45, 7) is 2.54. The van der Waals surface area contributed by atoms with E-state index in [0.29, 0.717) is 6.54 Å². The fraction of sp³-hybridized carbons (Fsp3) is 0.185. The molecule has 1 unspecified atom stereocenters. The van der Waals surface area contributed by atoms with E-state index in [1.165, 1.54) is 0 Å². The first-order valence-electron chi connectivity index (χ1n) is 10.8. The number of methoxy groups -OCH3 is 1. The van der Waals surface area contributed by atoms with Crippen molar-refractivity contribution in [1.29, 1.82) is 0 Å². The van der Waals surface area contributed by atoms with Gasteiger partial charge >= 0.3 is 0 Å². The van der Waals surface area contributed by atoms with E-state index in [1.807, 2.05) is 92.0 Å².